The third kappa shape index (κ3) is 2.89. The van der Waals surface area contributed by atoms with Crippen molar-refractivity contribution in [2.45, 2.75) is 23.0 Å². The second-order valence-corrected chi connectivity index (χ2v) is 6.83. The molecule has 2 aromatic rings. The highest BCUT2D eigenvalue weighted by Crippen LogP contribution is 2.39. The van der Waals surface area contributed by atoms with Gasteiger partial charge in [-0.1, -0.05) is 47.5 Å². The first-order valence-corrected chi connectivity index (χ1v) is 8.14. The van der Waals surface area contributed by atoms with Crippen LogP contribution < -0.4 is 5.32 Å². The van der Waals surface area contributed by atoms with E-state index in [1.807, 2.05) is 43.3 Å². The van der Waals surface area contributed by atoms with E-state index >= 15 is 0 Å². The number of imide groups is 1. The Kier molecular flexibility index (Phi) is 4.23. The van der Waals surface area contributed by atoms with Crippen molar-refractivity contribution in [1.29, 1.82) is 0 Å². The van der Waals surface area contributed by atoms with Crippen LogP contribution in [0, 0.1) is 6.92 Å². The van der Waals surface area contributed by atoms with E-state index in [0.717, 1.165) is 10.5 Å². The van der Waals surface area contributed by atoms with Crippen molar-refractivity contribution in [3.63, 3.8) is 0 Å². The molecule has 1 aliphatic rings. The van der Waals surface area contributed by atoms with Crippen LogP contribution in [0.5, 0.6) is 0 Å². The smallest absolute Gasteiger partial charge is 0.241 e. The van der Waals surface area contributed by atoms with Crippen LogP contribution in [0.3, 0.4) is 0 Å². The molecular weight excluding hydrogens is 318 g/mol. The van der Waals surface area contributed by atoms with Crippen molar-refractivity contribution in [2.75, 3.05) is 0 Å². The highest BCUT2D eigenvalue weighted by Gasteiger charge is 2.43. The lowest BCUT2D eigenvalue weighted by Crippen LogP contribution is -2.22. The van der Waals surface area contributed by atoms with Crippen LogP contribution in [0.1, 0.15) is 17.0 Å². The van der Waals surface area contributed by atoms with Crippen molar-refractivity contribution in [2.24, 2.45) is 0 Å². The van der Waals surface area contributed by atoms with Crippen LogP contribution in [0.2, 0.25) is 5.02 Å². The summed E-state index contributed by atoms with van der Waals surface area (Å²) in [4.78, 5) is 25.3. The lowest BCUT2D eigenvalue weighted by atomic mass is 9.97. The Bertz CT molecular complexity index is 730. The molecule has 22 heavy (non-hydrogen) atoms. The zero-order valence-corrected chi connectivity index (χ0v) is 13.4. The molecule has 0 aliphatic carbocycles. The number of carbonyl (C=O) groups is 2. The van der Waals surface area contributed by atoms with E-state index in [9.17, 15) is 9.59 Å². The molecule has 0 bridgehead atoms. The number of rotatable bonds is 3. The number of halogens is 1. The first-order valence-electron chi connectivity index (χ1n) is 6.89. The van der Waals surface area contributed by atoms with Crippen LogP contribution in [-0.4, -0.2) is 17.1 Å². The highest BCUT2D eigenvalue weighted by molar-refractivity contribution is 8.00. The molecule has 0 saturated carbocycles. The quantitative estimate of drug-likeness (QED) is 0.875. The summed E-state index contributed by atoms with van der Waals surface area (Å²) in [5.41, 5.74) is 1.84. The monoisotopic (exact) mass is 331 g/mol. The van der Waals surface area contributed by atoms with E-state index in [0.29, 0.717) is 10.6 Å². The summed E-state index contributed by atoms with van der Waals surface area (Å²) in [7, 11) is 0. The second kappa shape index (κ2) is 6.15. The van der Waals surface area contributed by atoms with E-state index in [4.69, 9.17) is 11.6 Å². The standard InChI is InChI=1S/C17H14ClNO2S/c1-10-6-8-11(9-7-10)22-15-14(16(20)19-17(15)21)12-4-2-3-5-13(12)18/h2-9,14-15H,1H3,(H,19,20,21). The van der Waals surface area contributed by atoms with Gasteiger partial charge < -0.3 is 0 Å². The molecule has 0 spiro atoms. The van der Waals surface area contributed by atoms with Gasteiger partial charge in [-0.3, -0.25) is 14.9 Å². The maximum Gasteiger partial charge on any atom is 0.241 e. The summed E-state index contributed by atoms with van der Waals surface area (Å²) >= 11 is 7.60. The van der Waals surface area contributed by atoms with Crippen molar-refractivity contribution in [1.82, 2.24) is 5.32 Å². The molecule has 5 heteroatoms. The molecule has 1 N–H and O–H groups in total. The summed E-state index contributed by atoms with van der Waals surface area (Å²) < 4.78 is 0. The van der Waals surface area contributed by atoms with Crippen LogP contribution in [0.15, 0.2) is 53.4 Å². The number of carbonyl (C=O) groups excluding carboxylic acids is 2. The molecule has 3 nitrogen and oxygen atoms in total. The van der Waals surface area contributed by atoms with E-state index < -0.39 is 11.2 Å². The summed E-state index contributed by atoms with van der Waals surface area (Å²) in [6.45, 7) is 2.01. The third-order valence-corrected chi connectivity index (χ3v) is 5.24. The molecule has 3 rings (SSSR count). The van der Waals surface area contributed by atoms with Gasteiger partial charge >= 0.3 is 0 Å². The molecule has 0 radical (unpaired) electrons. The molecule has 1 heterocycles. The van der Waals surface area contributed by atoms with Crippen LogP contribution in [0.25, 0.3) is 0 Å². The third-order valence-electron chi connectivity index (χ3n) is 3.61. The second-order valence-electron chi connectivity index (χ2n) is 5.20. The molecule has 2 atom stereocenters. The predicted molar refractivity (Wildman–Crippen MR) is 88.2 cm³/mol. The zero-order chi connectivity index (χ0) is 15.7. The minimum absolute atomic E-state index is 0.263. The maximum atomic E-state index is 12.2. The van der Waals surface area contributed by atoms with Crippen molar-refractivity contribution in [3.05, 3.63) is 64.7 Å². The number of amides is 2. The highest BCUT2D eigenvalue weighted by atomic mass is 35.5. The normalized spacial score (nSPS) is 21.0. The molecule has 2 unspecified atom stereocenters. The van der Waals surface area contributed by atoms with E-state index in [2.05, 4.69) is 5.32 Å². The summed E-state index contributed by atoms with van der Waals surface area (Å²) in [5, 5.41) is 2.42. The van der Waals surface area contributed by atoms with Gasteiger partial charge in [-0.15, -0.1) is 11.8 Å². The Balaban J connectivity index is 1.93. The topological polar surface area (TPSA) is 46.2 Å². The number of hydrogen-bond acceptors (Lipinski definition) is 3. The number of nitrogens with one attached hydrogen (secondary N) is 1. The van der Waals surface area contributed by atoms with Crippen LogP contribution in [0.4, 0.5) is 0 Å². The average Bonchev–Trinajstić information content (AvgIpc) is 2.76. The molecule has 1 saturated heterocycles. The zero-order valence-electron chi connectivity index (χ0n) is 11.9. The van der Waals surface area contributed by atoms with Crippen molar-refractivity contribution >= 4 is 35.2 Å². The first kappa shape index (κ1) is 15.1. The Morgan fingerprint density at radius 1 is 1.00 bits per heavy atom. The molecule has 2 amide bonds. The molecule has 112 valence electrons. The number of thioether (sulfide) groups is 1. The Morgan fingerprint density at radius 3 is 2.36 bits per heavy atom. The van der Waals surface area contributed by atoms with Gasteiger partial charge in [0.1, 0.15) is 5.25 Å². The molecule has 1 fully saturated rings. The van der Waals surface area contributed by atoms with Gasteiger partial charge in [-0.2, -0.15) is 0 Å². The largest absolute Gasteiger partial charge is 0.295 e. The Hall–Kier alpha value is -1.78. The first-order chi connectivity index (χ1) is 10.6. The summed E-state index contributed by atoms with van der Waals surface area (Å²) in [6.07, 6.45) is 0. The number of benzene rings is 2. The van der Waals surface area contributed by atoms with Gasteiger partial charge in [-0.25, -0.2) is 0 Å². The minimum Gasteiger partial charge on any atom is -0.295 e. The SMILES string of the molecule is Cc1ccc(SC2C(=O)NC(=O)C2c2ccccc2Cl)cc1. The summed E-state index contributed by atoms with van der Waals surface area (Å²) in [6, 6.07) is 15.1. The van der Waals surface area contributed by atoms with Gasteiger partial charge in [0.25, 0.3) is 0 Å². The van der Waals surface area contributed by atoms with Gasteiger partial charge in [0.05, 0.1) is 5.92 Å². The predicted octanol–water partition coefficient (Wildman–Crippen LogP) is 3.55. The molecular formula is C17H14ClNO2S. The minimum atomic E-state index is -0.562. The van der Waals surface area contributed by atoms with Crippen molar-refractivity contribution in [3.8, 4) is 0 Å². The molecule has 1 aliphatic heterocycles. The van der Waals surface area contributed by atoms with E-state index in [1.54, 1.807) is 12.1 Å². The van der Waals surface area contributed by atoms with Gasteiger partial charge in [0.2, 0.25) is 11.8 Å². The van der Waals surface area contributed by atoms with Crippen molar-refractivity contribution < 1.29 is 9.59 Å². The Labute approximate surface area is 138 Å². The van der Waals surface area contributed by atoms with Gasteiger partial charge in [0, 0.05) is 9.92 Å². The van der Waals surface area contributed by atoms with Crippen LogP contribution in [-0.2, 0) is 9.59 Å². The van der Waals surface area contributed by atoms with Gasteiger partial charge in [0.15, 0.2) is 0 Å². The van der Waals surface area contributed by atoms with Crippen LogP contribution >= 0.6 is 23.4 Å². The fourth-order valence-electron chi connectivity index (χ4n) is 2.48. The molecule has 0 aromatic heterocycles. The van der Waals surface area contributed by atoms with Gasteiger partial charge in [-0.05, 0) is 30.7 Å². The number of hydrogen-bond donors (Lipinski definition) is 1. The van der Waals surface area contributed by atoms with E-state index in [1.165, 1.54) is 11.8 Å². The fraction of sp³-hybridized carbons (Fsp3) is 0.176. The molecule has 2 aromatic carbocycles. The van der Waals surface area contributed by atoms with E-state index in [-0.39, 0.29) is 11.8 Å². The number of aryl methyl sites for hydroxylation is 1. The average molecular weight is 332 g/mol. The lowest BCUT2D eigenvalue weighted by molar-refractivity contribution is -0.125. The fourth-order valence-corrected chi connectivity index (χ4v) is 3.89. The lowest BCUT2D eigenvalue weighted by Gasteiger charge is -2.16. The maximum absolute atomic E-state index is 12.2. The Morgan fingerprint density at radius 2 is 1.68 bits per heavy atom. The summed E-state index contributed by atoms with van der Waals surface area (Å²) in [5.74, 6) is -1.12.